The highest BCUT2D eigenvalue weighted by molar-refractivity contribution is 7.15. The van der Waals surface area contributed by atoms with Gasteiger partial charge in [0.05, 0.1) is 5.69 Å². The zero-order chi connectivity index (χ0) is 12.3. The maximum absolute atomic E-state index is 6.18. The fourth-order valence-electron chi connectivity index (χ4n) is 1.71. The van der Waals surface area contributed by atoms with Crippen LogP contribution in [0.25, 0.3) is 0 Å². The van der Waals surface area contributed by atoms with Gasteiger partial charge in [-0.2, -0.15) is 0 Å². The smallest absolute Gasteiger partial charge is 0.185 e. The van der Waals surface area contributed by atoms with Gasteiger partial charge in [0.25, 0.3) is 0 Å². The van der Waals surface area contributed by atoms with Crippen molar-refractivity contribution in [2.24, 2.45) is 5.73 Å². The molecule has 0 bridgehead atoms. The van der Waals surface area contributed by atoms with E-state index in [0.29, 0.717) is 0 Å². The van der Waals surface area contributed by atoms with E-state index in [2.05, 4.69) is 25.7 Å². The Balaban J connectivity index is 3.12. The van der Waals surface area contributed by atoms with Crippen LogP contribution in [0.5, 0.6) is 0 Å². The first-order chi connectivity index (χ1) is 7.43. The Labute approximate surface area is 103 Å². The molecule has 2 N–H and O–H groups in total. The van der Waals surface area contributed by atoms with Crippen LogP contribution in [0.15, 0.2) is 0 Å². The molecule has 1 heterocycles. The third kappa shape index (κ3) is 2.74. The molecule has 0 unspecified atom stereocenters. The van der Waals surface area contributed by atoms with Gasteiger partial charge in [0.15, 0.2) is 5.13 Å². The third-order valence-electron chi connectivity index (χ3n) is 2.64. The van der Waals surface area contributed by atoms with Gasteiger partial charge in [-0.25, -0.2) is 4.98 Å². The lowest BCUT2D eigenvalue weighted by molar-refractivity contribution is 0.559. The van der Waals surface area contributed by atoms with E-state index in [4.69, 9.17) is 10.7 Å². The molecule has 16 heavy (non-hydrogen) atoms. The van der Waals surface area contributed by atoms with Gasteiger partial charge in [-0.05, 0) is 34.1 Å². The van der Waals surface area contributed by atoms with Crippen molar-refractivity contribution in [3.63, 3.8) is 0 Å². The fourth-order valence-corrected chi connectivity index (χ4v) is 3.01. The second-order valence-corrected chi connectivity index (χ2v) is 5.50. The highest BCUT2D eigenvalue weighted by Crippen LogP contribution is 2.33. The molecular weight excluding hydrogens is 218 g/mol. The summed E-state index contributed by atoms with van der Waals surface area (Å²) in [5, 5.41) is 1.11. The van der Waals surface area contributed by atoms with Crippen LogP contribution in [0.2, 0.25) is 0 Å². The molecule has 0 atom stereocenters. The van der Waals surface area contributed by atoms with Crippen LogP contribution < -0.4 is 10.6 Å². The minimum Gasteiger partial charge on any atom is -0.349 e. The van der Waals surface area contributed by atoms with Crippen LogP contribution in [0.1, 0.15) is 45.2 Å². The summed E-state index contributed by atoms with van der Waals surface area (Å²) in [4.78, 5) is 8.20. The maximum atomic E-state index is 6.18. The number of anilines is 1. The van der Waals surface area contributed by atoms with Crippen molar-refractivity contribution in [1.82, 2.24) is 4.98 Å². The summed E-state index contributed by atoms with van der Waals surface area (Å²) in [6, 6.07) is 0. The van der Waals surface area contributed by atoms with Crippen LogP contribution in [0.4, 0.5) is 5.13 Å². The van der Waals surface area contributed by atoms with Crippen molar-refractivity contribution in [2.45, 2.75) is 46.6 Å². The van der Waals surface area contributed by atoms with E-state index in [1.54, 1.807) is 11.3 Å². The quantitative estimate of drug-likeness (QED) is 0.862. The standard InChI is InChI=1S/C12H23N3S/c1-6-9-10(12(4,5)13)16-11(14-9)15(7-2)8-3/h6-8,13H2,1-5H3. The summed E-state index contributed by atoms with van der Waals surface area (Å²) in [7, 11) is 0. The van der Waals surface area contributed by atoms with E-state index in [-0.39, 0.29) is 5.54 Å². The number of aromatic nitrogens is 1. The number of hydrogen-bond acceptors (Lipinski definition) is 4. The lowest BCUT2D eigenvalue weighted by Gasteiger charge is -2.18. The monoisotopic (exact) mass is 241 g/mol. The molecule has 0 aliphatic carbocycles. The summed E-state index contributed by atoms with van der Waals surface area (Å²) < 4.78 is 0. The van der Waals surface area contributed by atoms with Crippen molar-refractivity contribution in [3.05, 3.63) is 10.6 Å². The molecule has 3 nitrogen and oxygen atoms in total. The first-order valence-electron chi connectivity index (χ1n) is 5.98. The van der Waals surface area contributed by atoms with Gasteiger partial charge in [-0.15, -0.1) is 0 Å². The molecule has 0 aromatic carbocycles. The Kier molecular flexibility index (Phi) is 4.33. The van der Waals surface area contributed by atoms with Crippen molar-refractivity contribution in [3.8, 4) is 0 Å². The predicted molar refractivity (Wildman–Crippen MR) is 72.3 cm³/mol. The molecule has 0 spiro atoms. The van der Waals surface area contributed by atoms with Gasteiger partial charge >= 0.3 is 0 Å². The summed E-state index contributed by atoms with van der Waals surface area (Å²) in [5.74, 6) is 0. The fraction of sp³-hybridized carbons (Fsp3) is 0.750. The Hall–Kier alpha value is -0.610. The lowest BCUT2D eigenvalue weighted by Crippen LogP contribution is -2.28. The average Bonchev–Trinajstić information content (AvgIpc) is 2.63. The second-order valence-electron chi connectivity index (χ2n) is 4.52. The van der Waals surface area contributed by atoms with Gasteiger partial charge in [0, 0.05) is 23.5 Å². The van der Waals surface area contributed by atoms with Gasteiger partial charge in [-0.1, -0.05) is 18.3 Å². The van der Waals surface area contributed by atoms with Crippen molar-refractivity contribution in [2.75, 3.05) is 18.0 Å². The lowest BCUT2D eigenvalue weighted by atomic mass is 10.0. The van der Waals surface area contributed by atoms with E-state index in [9.17, 15) is 0 Å². The summed E-state index contributed by atoms with van der Waals surface area (Å²) in [5.41, 5.74) is 7.05. The van der Waals surface area contributed by atoms with Crippen LogP contribution >= 0.6 is 11.3 Å². The minimum atomic E-state index is -0.283. The number of nitrogens with zero attached hydrogens (tertiary/aromatic N) is 2. The van der Waals surface area contributed by atoms with Crippen molar-refractivity contribution in [1.29, 1.82) is 0 Å². The molecule has 1 aromatic rings. The molecule has 0 saturated heterocycles. The number of hydrogen-bond donors (Lipinski definition) is 1. The summed E-state index contributed by atoms with van der Waals surface area (Å²) in [6.07, 6.45) is 0.952. The largest absolute Gasteiger partial charge is 0.349 e. The van der Waals surface area contributed by atoms with E-state index in [1.807, 2.05) is 13.8 Å². The highest BCUT2D eigenvalue weighted by atomic mass is 32.1. The SMILES string of the molecule is CCc1nc(N(CC)CC)sc1C(C)(C)N. The third-order valence-corrected chi connectivity index (χ3v) is 4.14. The molecule has 1 rings (SSSR count). The number of aryl methyl sites for hydroxylation is 1. The molecule has 0 fully saturated rings. The first-order valence-corrected chi connectivity index (χ1v) is 6.79. The van der Waals surface area contributed by atoms with Crippen LogP contribution in [-0.4, -0.2) is 18.1 Å². The van der Waals surface area contributed by atoms with E-state index in [1.165, 1.54) is 4.88 Å². The normalized spacial score (nSPS) is 11.9. The zero-order valence-electron chi connectivity index (χ0n) is 11.0. The molecule has 1 aromatic heterocycles. The zero-order valence-corrected chi connectivity index (χ0v) is 11.8. The highest BCUT2D eigenvalue weighted by Gasteiger charge is 2.23. The predicted octanol–water partition coefficient (Wildman–Crippen LogP) is 2.75. The number of nitrogens with two attached hydrogens (primary N) is 1. The number of rotatable bonds is 5. The molecule has 0 amide bonds. The molecule has 0 aliphatic heterocycles. The van der Waals surface area contributed by atoms with Crippen molar-refractivity contribution >= 4 is 16.5 Å². The Bertz CT molecular complexity index is 335. The Morgan fingerprint density at radius 3 is 2.12 bits per heavy atom. The van der Waals surface area contributed by atoms with E-state index < -0.39 is 0 Å². The summed E-state index contributed by atoms with van der Waals surface area (Å²) >= 11 is 1.74. The van der Waals surface area contributed by atoms with Crippen molar-refractivity contribution < 1.29 is 0 Å². The molecule has 0 aliphatic rings. The van der Waals surface area contributed by atoms with Crippen LogP contribution in [0.3, 0.4) is 0 Å². The summed E-state index contributed by atoms with van der Waals surface area (Å²) in [6.45, 7) is 12.5. The molecular formula is C12H23N3S. The molecule has 0 radical (unpaired) electrons. The minimum absolute atomic E-state index is 0.283. The van der Waals surface area contributed by atoms with E-state index in [0.717, 1.165) is 30.3 Å². The topological polar surface area (TPSA) is 42.2 Å². The molecule has 92 valence electrons. The van der Waals surface area contributed by atoms with Crippen LogP contribution in [0, 0.1) is 0 Å². The Morgan fingerprint density at radius 2 is 1.81 bits per heavy atom. The average molecular weight is 241 g/mol. The second kappa shape index (κ2) is 5.15. The van der Waals surface area contributed by atoms with Gasteiger partial charge in [-0.3, -0.25) is 0 Å². The van der Waals surface area contributed by atoms with Gasteiger partial charge in [0.2, 0.25) is 0 Å². The van der Waals surface area contributed by atoms with Gasteiger partial charge in [0.1, 0.15) is 0 Å². The maximum Gasteiger partial charge on any atom is 0.185 e. The van der Waals surface area contributed by atoms with Crippen LogP contribution in [-0.2, 0) is 12.0 Å². The molecule has 4 heteroatoms. The van der Waals surface area contributed by atoms with Gasteiger partial charge < -0.3 is 10.6 Å². The Morgan fingerprint density at radius 1 is 1.25 bits per heavy atom. The van der Waals surface area contributed by atoms with E-state index >= 15 is 0 Å². The number of thiazole rings is 1. The first kappa shape index (κ1) is 13.5. The molecule has 0 saturated carbocycles.